The molecule has 0 aliphatic rings. The molecule has 12 nitrogen and oxygen atoms in total. The summed E-state index contributed by atoms with van der Waals surface area (Å²) < 4.78 is 29.5. The van der Waals surface area contributed by atoms with Crippen LogP contribution in [0.2, 0.25) is 0 Å². The summed E-state index contributed by atoms with van der Waals surface area (Å²) in [5, 5.41) is 1.05. The Morgan fingerprint density at radius 1 is 0.508 bits per heavy atom. The van der Waals surface area contributed by atoms with E-state index < -0.39 is 35.2 Å². The molecule has 0 unspecified atom stereocenters. The van der Waals surface area contributed by atoms with Crippen LogP contribution in [0.4, 0.5) is 0 Å². The van der Waals surface area contributed by atoms with Gasteiger partial charge in [-0.1, -0.05) is 114 Å². The molecule has 0 aliphatic heterocycles. The molecule has 338 valence electrons. The van der Waals surface area contributed by atoms with E-state index in [0.717, 1.165) is 30.2 Å². The van der Waals surface area contributed by atoms with Gasteiger partial charge < -0.3 is 28.4 Å². The first-order valence-corrected chi connectivity index (χ1v) is 21.8. The highest BCUT2D eigenvalue weighted by Gasteiger charge is 2.43. The Hall–Kier alpha value is -5.04. The molecule has 0 atom stereocenters. The van der Waals surface area contributed by atoms with E-state index in [0.29, 0.717) is 12.8 Å². The van der Waals surface area contributed by atoms with Crippen LogP contribution in [0.1, 0.15) is 91.8 Å². The summed E-state index contributed by atoms with van der Waals surface area (Å²) in [7, 11) is 0. The van der Waals surface area contributed by atoms with Gasteiger partial charge in [-0.3, -0.25) is 28.8 Å². The van der Waals surface area contributed by atoms with Crippen LogP contribution >= 0.6 is 15.9 Å². The summed E-state index contributed by atoms with van der Waals surface area (Å²) in [6.45, 7) is 16.2. The molecule has 61 heavy (non-hydrogen) atoms. The second-order valence-electron chi connectivity index (χ2n) is 14.3. The number of carbonyl (C=O) groups excluding carboxylic acids is 6. The Labute approximate surface area is 371 Å². The van der Waals surface area contributed by atoms with Crippen molar-refractivity contribution < 1.29 is 57.2 Å². The second kappa shape index (κ2) is 32.7. The van der Waals surface area contributed by atoms with E-state index in [1.165, 1.54) is 31.9 Å². The van der Waals surface area contributed by atoms with Gasteiger partial charge in [-0.15, -0.1) is 0 Å². The zero-order valence-corrected chi connectivity index (χ0v) is 39.1. The maximum atomic E-state index is 12.1. The van der Waals surface area contributed by atoms with E-state index in [2.05, 4.69) is 61.8 Å². The van der Waals surface area contributed by atoms with Crippen molar-refractivity contribution in [3.63, 3.8) is 0 Å². The van der Waals surface area contributed by atoms with Gasteiger partial charge in [0.2, 0.25) is 0 Å². The molecule has 3 aromatic carbocycles. The Bertz CT molecular complexity index is 1630. The third-order valence-corrected chi connectivity index (χ3v) is 9.22. The van der Waals surface area contributed by atoms with Crippen molar-refractivity contribution in [1.29, 1.82) is 0 Å². The number of alkyl halides is 1. The quantitative estimate of drug-likeness (QED) is 0.0460. The highest BCUT2D eigenvalue weighted by molar-refractivity contribution is 9.09. The average Bonchev–Trinajstić information content (AvgIpc) is 3.25. The molecule has 3 rings (SSSR count). The van der Waals surface area contributed by atoms with Crippen LogP contribution in [0.5, 0.6) is 0 Å². The summed E-state index contributed by atoms with van der Waals surface area (Å²) in [5.74, 6) is -3.56. The van der Waals surface area contributed by atoms with Crippen LogP contribution in [0, 0.1) is 16.7 Å². The Morgan fingerprint density at radius 3 is 1.15 bits per heavy atom. The molecule has 0 saturated heterocycles. The minimum absolute atomic E-state index is 0.249. The number of rotatable bonds is 20. The molecule has 0 aromatic heterocycles. The SMILES string of the molecule is BrCCc1ccccc1.CC(=O)OCC(C)(CCc1ccccc1)COC(C)=O.CCOC(=O)C(C)(CCc1ccccc1)C(=O)OCC.CCOC(=O)C(C)C(=O)OCC. The topological polar surface area (TPSA) is 158 Å². The molecule has 0 heterocycles. The number of hydrogen-bond acceptors (Lipinski definition) is 12. The van der Waals surface area contributed by atoms with E-state index >= 15 is 0 Å². The molecule has 0 saturated carbocycles. The molecule has 0 bridgehead atoms. The lowest BCUT2D eigenvalue weighted by Gasteiger charge is -2.28. The first-order valence-electron chi connectivity index (χ1n) is 20.6. The van der Waals surface area contributed by atoms with Crippen LogP contribution in [0.25, 0.3) is 0 Å². The molecule has 0 spiro atoms. The van der Waals surface area contributed by atoms with Crippen LogP contribution in [-0.4, -0.2) is 80.8 Å². The van der Waals surface area contributed by atoms with E-state index in [9.17, 15) is 28.8 Å². The smallest absolute Gasteiger partial charge is 0.323 e. The predicted molar refractivity (Wildman–Crippen MR) is 239 cm³/mol. The molecule has 0 N–H and O–H groups in total. The van der Waals surface area contributed by atoms with Crippen molar-refractivity contribution in [2.45, 2.75) is 94.4 Å². The fourth-order valence-corrected chi connectivity index (χ4v) is 5.58. The lowest BCUT2D eigenvalue weighted by atomic mass is 9.84. The highest BCUT2D eigenvalue weighted by Crippen LogP contribution is 2.28. The van der Waals surface area contributed by atoms with Gasteiger partial charge >= 0.3 is 35.8 Å². The molecular weight excluding hydrogens is 848 g/mol. The number of ether oxygens (including phenoxy) is 6. The van der Waals surface area contributed by atoms with Gasteiger partial charge in [0.1, 0.15) is 0 Å². The number of benzene rings is 3. The van der Waals surface area contributed by atoms with Gasteiger partial charge in [-0.25, -0.2) is 0 Å². The fraction of sp³-hybridized carbons (Fsp3) is 0.500. The lowest BCUT2D eigenvalue weighted by Crippen LogP contribution is -2.40. The number of esters is 6. The maximum Gasteiger partial charge on any atom is 0.323 e. The van der Waals surface area contributed by atoms with E-state index in [-0.39, 0.29) is 57.0 Å². The zero-order chi connectivity index (χ0) is 46.1. The molecule has 0 amide bonds. The van der Waals surface area contributed by atoms with E-state index in [1.54, 1.807) is 34.6 Å². The Balaban J connectivity index is 0.000000824. The third-order valence-electron chi connectivity index (χ3n) is 8.82. The largest absolute Gasteiger partial charge is 0.465 e. The number of aryl methyl sites for hydroxylation is 3. The van der Waals surface area contributed by atoms with Crippen LogP contribution < -0.4 is 0 Å². The summed E-state index contributed by atoms with van der Waals surface area (Å²) in [4.78, 5) is 68.0. The standard InChI is InChI=1S/2C16H22O4.C8H9Br.C8H14O4/c1-13(17)19-11-16(3,12-20-14(2)18)10-9-15-7-5-4-6-8-15;1-4-19-14(17)16(3,15(18)20-5-2)12-11-13-9-7-6-8-10-13;9-7-6-8-4-2-1-3-5-8;1-4-11-7(9)6(3)8(10)12-5-2/h4-8H,9-12H2,1-3H3;6-10H,4-5,11-12H2,1-3H3;1-5H,6-7H2;6H,4-5H2,1-3H3. The molecule has 3 aromatic rings. The highest BCUT2D eigenvalue weighted by atomic mass is 79.9. The third kappa shape index (κ3) is 25.4. The molecular formula is C48H67BrO12. The lowest BCUT2D eigenvalue weighted by molar-refractivity contribution is -0.171. The monoisotopic (exact) mass is 914 g/mol. The zero-order valence-electron chi connectivity index (χ0n) is 37.5. The predicted octanol–water partition coefficient (Wildman–Crippen LogP) is 8.88. The van der Waals surface area contributed by atoms with Gasteiger partial charge in [0.15, 0.2) is 11.3 Å². The van der Waals surface area contributed by atoms with Crippen molar-refractivity contribution >= 4 is 51.7 Å². The molecule has 0 radical (unpaired) electrons. The van der Waals surface area contributed by atoms with Crippen molar-refractivity contribution in [2.75, 3.05) is 45.0 Å². The van der Waals surface area contributed by atoms with Crippen molar-refractivity contribution in [3.8, 4) is 0 Å². The molecule has 0 aliphatic carbocycles. The average molecular weight is 916 g/mol. The first-order chi connectivity index (χ1) is 29.0. The van der Waals surface area contributed by atoms with Crippen molar-refractivity contribution in [2.24, 2.45) is 16.7 Å². The Kier molecular flexibility index (Phi) is 30.0. The maximum absolute atomic E-state index is 12.1. The van der Waals surface area contributed by atoms with Gasteiger partial charge in [0.05, 0.1) is 39.6 Å². The number of hydrogen-bond donors (Lipinski definition) is 0. The van der Waals surface area contributed by atoms with Gasteiger partial charge in [-0.05, 0) is 90.3 Å². The number of halogens is 1. The Morgan fingerprint density at radius 2 is 0.836 bits per heavy atom. The number of carbonyl (C=O) groups is 6. The molecule has 0 fully saturated rings. The fourth-order valence-electron chi connectivity index (χ4n) is 5.12. The van der Waals surface area contributed by atoms with Gasteiger partial charge in [0, 0.05) is 24.6 Å². The van der Waals surface area contributed by atoms with E-state index in [1.807, 2.05) is 61.5 Å². The van der Waals surface area contributed by atoms with E-state index in [4.69, 9.17) is 18.9 Å². The van der Waals surface area contributed by atoms with Crippen LogP contribution in [0.3, 0.4) is 0 Å². The summed E-state index contributed by atoms with van der Waals surface area (Å²) in [6.07, 6.45) is 3.74. The van der Waals surface area contributed by atoms with Crippen molar-refractivity contribution in [1.82, 2.24) is 0 Å². The summed E-state index contributed by atoms with van der Waals surface area (Å²) >= 11 is 3.39. The van der Waals surface area contributed by atoms with Gasteiger partial charge in [0.25, 0.3) is 0 Å². The summed E-state index contributed by atoms with van der Waals surface area (Å²) in [6, 6.07) is 30.2. The normalized spacial score (nSPS) is 10.5. The minimum Gasteiger partial charge on any atom is -0.465 e. The second-order valence-corrected chi connectivity index (χ2v) is 15.1. The first kappa shape index (κ1) is 56.0. The van der Waals surface area contributed by atoms with Crippen LogP contribution in [-0.2, 0) is 76.5 Å². The minimum atomic E-state index is -1.25. The summed E-state index contributed by atoms with van der Waals surface area (Å²) in [5.41, 5.74) is 2.07. The van der Waals surface area contributed by atoms with Gasteiger partial charge in [-0.2, -0.15) is 0 Å². The molecule has 13 heteroatoms. The van der Waals surface area contributed by atoms with Crippen molar-refractivity contribution in [3.05, 3.63) is 108 Å². The van der Waals surface area contributed by atoms with Crippen LogP contribution in [0.15, 0.2) is 91.0 Å².